The monoisotopic (exact) mass is 920 g/mol. The second kappa shape index (κ2) is 22.1. The van der Waals surface area contributed by atoms with Crippen LogP contribution in [-0.4, -0.2) is 95.7 Å². The molecular formula is C51H56N2O12S. The van der Waals surface area contributed by atoms with Gasteiger partial charge >= 0.3 is 23.9 Å². The summed E-state index contributed by atoms with van der Waals surface area (Å²) in [5, 5.41) is 17.8. The van der Waals surface area contributed by atoms with Gasteiger partial charge in [0.25, 0.3) is 0 Å². The highest BCUT2D eigenvalue weighted by atomic mass is 32.1. The van der Waals surface area contributed by atoms with Gasteiger partial charge in [0.2, 0.25) is 0 Å². The molecule has 66 heavy (non-hydrogen) atoms. The number of benzene rings is 5. The normalized spacial score (nSPS) is 23.0. The zero-order chi connectivity index (χ0) is 46.9. The standard InChI is InChI=1S/C51H56N2O12S/c1-30(55)59-29-46-49(61-32(3)57)50(62-33(4)58)48(60-31(2)56)45(64-46)24-47(66)52-25-34-14-20-37(21-15-34)51-63-40(23-44(65-51)36-18-16-35(28-54)17-19-36)26-53(5)27-43-41-12-8-6-10-38(41)22-39-11-7-9-13-42(39)43/h6-22,40,44-46,48-51,54H,23-29H2,1-5H3,(H,52,66)/t40-,44+,45-,46+,48-,49+,50+,51?/m0/s1. The van der Waals surface area contributed by atoms with Crippen LogP contribution < -0.4 is 5.32 Å². The number of carbonyl (C=O) groups is 4. The number of fused-ring (bicyclic) bond motifs is 2. The van der Waals surface area contributed by atoms with Gasteiger partial charge in [0.05, 0.1) is 23.8 Å². The first-order valence-corrected chi connectivity index (χ1v) is 22.4. The van der Waals surface area contributed by atoms with Crippen LogP contribution in [0.1, 0.15) is 80.7 Å². The van der Waals surface area contributed by atoms with E-state index in [4.69, 9.17) is 45.4 Å². The number of aliphatic hydroxyl groups is 1. The molecule has 0 bridgehead atoms. The highest BCUT2D eigenvalue weighted by molar-refractivity contribution is 7.80. The maximum Gasteiger partial charge on any atom is 0.303 e. The summed E-state index contributed by atoms with van der Waals surface area (Å²) >= 11 is 5.74. The smallest absolute Gasteiger partial charge is 0.303 e. The molecule has 0 aromatic heterocycles. The number of nitrogens with zero attached hydrogens (tertiary/aromatic N) is 1. The Hall–Kier alpha value is -5.81. The summed E-state index contributed by atoms with van der Waals surface area (Å²) in [7, 11) is 2.12. The number of carbonyl (C=O) groups excluding carboxylic acids is 4. The maximum atomic E-state index is 12.3. The van der Waals surface area contributed by atoms with Crippen molar-refractivity contribution in [3.8, 4) is 0 Å². The van der Waals surface area contributed by atoms with Gasteiger partial charge in [-0.15, -0.1) is 0 Å². The van der Waals surface area contributed by atoms with E-state index in [9.17, 15) is 24.3 Å². The second-order valence-electron chi connectivity index (χ2n) is 16.8. The van der Waals surface area contributed by atoms with Crippen LogP contribution >= 0.6 is 12.2 Å². The van der Waals surface area contributed by atoms with Crippen molar-refractivity contribution in [3.05, 3.63) is 131 Å². The molecule has 2 aliphatic rings. The van der Waals surface area contributed by atoms with Crippen molar-refractivity contribution in [1.82, 2.24) is 10.2 Å². The lowest BCUT2D eigenvalue weighted by Crippen LogP contribution is -2.62. The van der Waals surface area contributed by atoms with Gasteiger partial charge in [-0.3, -0.25) is 24.1 Å². The quantitative estimate of drug-likeness (QED) is 0.0445. The molecule has 7 rings (SSSR count). The van der Waals surface area contributed by atoms with Crippen LogP contribution in [0.25, 0.3) is 21.5 Å². The molecule has 5 aromatic carbocycles. The van der Waals surface area contributed by atoms with Gasteiger partial charge < -0.3 is 43.6 Å². The van der Waals surface area contributed by atoms with E-state index in [1.165, 1.54) is 54.8 Å². The van der Waals surface area contributed by atoms with Crippen molar-refractivity contribution >= 4 is 62.6 Å². The van der Waals surface area contributed by atoms with E-state index in [1.54, 1.807) is 0 Å². The lowest BCUT2D eigenvalue weighted by atomic mass is 9.92. The molecule has 348 valence electrons. The molecule has 15 heteroatoms. The number of hydrogen-bond acceptors (Lipinski definition) is 14. The van der Waals surface area contributed by atoms with E-state index in [2.05, 4.69) is 71.9 Å². The fraction of sp³-hybridized carbons (Fsp3) is 0.392. The lowest BCUT2D eigenvalue weighted by Gasteiger charge is -2.44. The van der Waals surface area contributed by atoms with Gasteiger partial charge in [-0.2, -0.15) is 0 Å². The minimum atomic E-state index is -1.28. The van der Waals surface area contributed by atoms with Crippen molar-refractivity contribution in [2.45, 2.75) is 109 Å². The van der Waals surface area contributed by atoms with E-state index >= 15 is 0 Å². The Bertz CT molecular complexity index is 2460. The summed E-state index contributed by atoms with van der Waals surface area (Å²) in [5.41, 5.74) is 4.82. The van der Waals surface area contributed by atoms with Gasteiger partial charge in [-0.05, 0) is 56.9 Å². The molecule has 0 saturated carbocycles. The van der Waals surface area contributed by atoms with Crippen LogP contribution in [0.3, 0.4) is 0 Å². The van der Waals surface area contributed by atoms with E-state index < -0.39 is 60.7 Å². The van der Waals surface area contributed by atoms with Crippen LogP contribution in [0.2, 0.25) is 0 Å². The van der Waals surface area contributed by atoms with E-state index in [-0.39, 0.29) is 31.8 Å². The summed E-state index contributed by atoms with van der Waals surface area (Å²) in [6.07, 6.45) is -6.23. The molecule has 0 spiro atoms. The minimum Gasteiger partial charge on any atom is -0.463 e. The third-order valence-electron chi connectivity index (χ3n) is 11.7. The Morgan fingerprint density at radius 3 is 1.85 bits per heavy atom. The number of ether oxygens (including phenoxy) is 7. The van der Waals surface area contributed by atoms with Crippen molar-refractivity contribution in [1.29, 1.82) is 0 Å². The first-order valence-electron chi connectivity index (χ1n) is 22.0. The molecule has 2 N–H and O–H groups in total. The fourth-order valence-corrected chi connectivity index (χ4v) is 8.96. The molecule has 0 aliphatic carbocycles. The number of thiocarbonyl (C=S) groups is 1. The molecule has 0 amide bonds. The highest BCUT2D eigenvalue weighted by Gasteiger charge is 2.52. The van der Waals surface area contributed by atoms with Gasteiger partial charge in [-0.25, -0.2) is 0 Å². The molecule has 2 aliphatic heterocycles. The molecule has 14 nitrogen and oxygen atoms in total. The first-order chi connectivity index (χ1) is 31.7. The van der Waals surface area contributed by atoms with Crippen LogP contribution in [0.5, 0.6) is 0 Å². The Labute approximate surface area is 389 Å². The summed E-state index contributed by atoms with van der Waals surface area (Å²) in [6.45, 7) is 6.09. The number of aliphatic hydroxyl groups excluding tert-OH is 1. The third-order valence-corrected chi connectivity index (χ3v) is 12.0. The summed E-state index contributed by atoms with van der Waals surface area (Å²) in [4.78, 5) is 51.1. The number of rotatable bonds is 16. The third kappa shape index (κ3) is 12.3. The predicted octanol–water partition coefficient (Wildman–Crippen LogP) is 7.10. The zero-order valence-electron chi connectivity index (χ0n) is 37.7. The van der Waals surface area contributed by atoms with Gasteiger partial charge in [0.15, 0.2) is 24.6 Å². The minimum absolute atomic E-state index is 0.0173. The van der Waals surface area contributed by atoms with Crippen LogP contribution in [0, 0.1) is 0 Å². The van der Waals surface area contributed by atoms with Crippen molar-refractivity contribution in [2.24, 2.45) is 0 Å². The van der Waals surface area contributed by atoms with Gasteiger partial charge in [-0.1, -0.05) is 109 Å². The van der Waals surface area contributed by atoms with Crippen molar-refractivity contribution in [3.63, 3.8) is 0 Å². The molecule has 2 saturated heterocycles. The maximum absolute atomic E-state index is 12.3. The Kier molecular flexibility index (Phi) is 16.1. The molecule has 2 fully saturated rings. The molecule has 1 unspecified atom stereocenters. The number of esters is 4. The SMILES string of the molecule is CC(=O)OC[C@H]1O[C@@H](CC(=S)NCc2ccc(C3O[C@H](CN(C)Cc4c5ccccc5cc5ccccc45)C[C@H](c4ccc(CO)cc4)O3)cc2)[C@H](OC(C)=O)[C@@H](OC(C)=O)[C@@H]1OC(C)=O. The van der Waals surface area contributed by atoms with Crippen molar-refractivity contribution < 1.29 is 57.4 Å². The molecule has 5 aromatic rings. The predicted molar refractivity (Wildman–Crippen MR) is 249 cm³/mol. The topological polar surface area (TPSA) is 168 Å². The lowest BCUT2D eigenvalue weighted by molar-refractivity contribution is -0.252. The molecule has 8 atom stereocenters. The zero-order valence-corrected chi connectivity index (χ0v) is 38.5. The highest BCUT2D eigenvalue weighted by Crippen LogP contribution is 2.39. The summed E-state index contributed by atoms with van der Waals surface area (Å²) in [5.74, 6) is -2.71. The number of likely N-dealkylation sites (N-methyl/N-ethyl adjacent to an activating group) is 1. The molecule has 0 radical (unpaired) electrons. The van der Waals surface area contributed by atoms with Crippen LogP contribution in [0.15, 0.2) is 103 Å². The largest absolute Gasteiger partial charge is 0.463 e. The molecular weight excluding hydrogens is 865 g/mol. The summed E-state index contributed by atoms with van der Waals surface area (Å²) < 4.78 is 41.5. The Balaban J connectivity index is 1.04. The van der Waals surface area contributed by atoms with E-state index in [0.717, 1.165) is 28.8 Å². The first kappa shape index (κ1) is 48.1. The number of hydrogen-bond donors (Lipinski definition) is 2. The Morgan fingerprint density at radius 2 is 1.26 bits per heavy atom. The average molecular weight is 921 g/mol. The van der Waals surface area contributed by atoms with E-state index in [0.29, 0.717) is 24.5 Å². The van der Waals surface area contributed by atoms with Crippen LogP contribution in [0.4, 0.5) is 0 Å². The fourth-order valence-electron chi connectivity index (χ4n) is 8.72. The molecule has 2 heterocycles. The average Bonchev–Trinajstić information content (AvgIpc) is 3.29. The van der Waals surface area contributed by atoms with Gasteiger partial charge in [0.1, 0.15) is 18.8 Å². The van der Waals surface area contributed by atoms with Crippen LogP contribution in [-0.2, 0) is 72.0 Å². The Morgan fingerprint density at radius 1 is 0.697 bits per heavy atom. The van der Waals surface area contributed by atoms with E-state index in [1.807, 2.05) is 48.5 Å². The summed E-state index contributed by atoms with van der Waals surface area (Å²) in [6, 6.07) is 34.9. The second-order valence-corrected chi connectivity index (χ2v) is 17.3. The van der Waals surface area contributed by atoms with Crippen molar-refractivity contribution in [2.75, 3.05) is 20.2 Å². The van der Waals surface area contributed by atoms with Gasteiger partial charge in [0, 0.05) is 65.7 Å². The number of nitrogens with one attached hydrogen (secondary N) is 1.